The fourth-order valence-corrected chi connectivity index (χ4v) is 4.89. The van der Waals surface area contributed by atoms with Gasteiger partial charge in [-0.1, -0.05) is 24.6 Å². The van der Waals surface area contributed by atoms with Crippen molar-refractivity contribution < 1.29 is 14.3 Å². The van der Waals surface area contributed by atoms with Crippen molar-refractivity contribution in [1.29, 1.82) is 0 Å². The molecule has 2 aliphatic heterocycles. The predicted octanol–water partition coefficient (Wildman–Crippen LogP) is 2.92. The number of nitrogens with one attached hydrogen (secondary N) is 1. The van der Waals surface area contributed by atoms with Crippen LogP contribution in [-0.2, 0) is 18.3 Å². The van der Waals surface area contributed by atoms with Crippen molar-refractivity contribution in [3.8, 4) is 5.75 Å². The Morgan fingerprint density at radius 1 is 1.06 bits per heavy atom. The number of amides is 2. The second kappa shape index (κ2) is 9.81. The molecule has 4 rings (SSSR count). The minimum Gasteiger partial charge on any atom is -0.491 e. The first kappa shape index (κ1) is 23.1. The zero-order chi connectivity index (χ0) is 23.4. The molecule has 1 aromatic heterocycles. The van der Waals surface area contributed by atoms with Crippen LogP contribution in [0.1, 0.15) is 54.9 Å². The molecule has 2 aromatic rings. The van der Waals surface area contributed by atoms with Crippen LogP contribution in [-0.4, -0.2) is 47.0 Å². The number of carbonyl (C=O) groups excluding carboxylic acids is 2. The molecule has 1 atom stereocenters. The van der Waals surface area contributed by atoms with Gasteiger partial charge in [-0.15, -0.1) is 0 Å². The third-order valence-corrected chi connectivity index (χ3v) is 7.01. The van der Waals surface area contributed by atoms with E-state index in [4.69, 9.17) is 4.74 Å². The van der Waals surface area contributed by atoms with Crippen LogP contribution < -0.4 is 15.6 Å². The number of pyridine rings is 1. The Kier molecular flexibility index (Phi) is 6.86. The topological polar surface area (TPSA) is 80.6 Å². The molecule has 0 saturated carbocycles. The molecule has 3 heterocycles. The van der Waals surface area contributed by atoms with Gasteiger partial charge in [0, 0.05) is 32.4 Å². The number of aryl methyl sites for hydroxylation is 2. The standard InChI is InChI=1S/C26H33N3O4/c1-19-18-33-22-9-4-3-7-20(22)8-5-6-12-26(25(32)27-19)13-15-29(16-14-26)24(31)21-10-11-23(30)28(2)17-21/h3-4,7,9-11,17,19H,5-6,8,12-16,18H2,1-2H3,(H,27,32)/t19-/m0/s1. The molecule has 7 nitrogen and oxygen atoms in total. The van der Waals surface area contributed by atoms with Gasteiger partial charge >= 0.3 is 0 Å². The number of carbonyl (C=O) groups is 2. The number of rotatable bonds is 1. The second-order valence-corrected chi connectivity index (χ2v) is 9.44. The highest BCUT2D eigenvalue weighted by atomic mass is 16.5. The Hall–Kier alpha value is -3.09. The van der Waals surface area contributed by atoms with Crippen molar-refractivity contribution in [3.05, 3.63) is 64.1 Å². The Morgan fingerprint density at radius 3 is 2.58 bits per heavy atom. The minimum atomic E-state index is -0.465. The van der Waals surface area contributed by atoms with Gasteiger partial charge in [-0.25, -0.2) is 0 Å². The summed E-state index contributed by atoms with van der Waals surface area (Å²) in [6.07, 6.45) is 6.55. The fourth-order valence-electron chi connectivity index (χ4n) is 4.89. The van der Waals surface area contributed by atoms with Crippen LogP contribution in [0, 0.1) is 5.41 Å². The van der Waals surface area contributed by atoms with E-state index >= 15 is 0 Å². The fraction of sp³-hybridized carbons (Fsp3) is 0.500. The molecule has 0 unspecified atom stereocenters. The van der Waals surface area contributed by atoms with Gasteiger partial charge in [-0.3, -0.25) is 14.4 Å². The average Bonchev–Trinajstić information content (AvgIpc) is 2.82. The van der Waals surface area contributed by atoms with E-state index in [1.54, 1.807) is 24.2 Å². The molecule has 0 radical (unpaired) electrons. The first-order valence-corrected chi connectivity index (χ1v) is 11.9. The van der Waals surface area contributed by atoms with Crippen molar-refractivity contribution in [2.24, 2.45) is 12.5 Å². The number of aromatic nitrogens is 1. The van der Waals surface area contributed by atoms with Crippen molar-refractivity contribution in [2.75, 3.05) is 19.7 Å². The largest absolute Gasteiger partial charge is 0.491 e. The molecule has 1 spiro atoms. The van der Waals surface area contributed by atoms with Crippen LogP contribution >= 0.6 is 0 Å². The van der Waals surface area contributed by atoms with E-state index in [0.29, 0.717) is 38.1 Å². The van der Waals surface area contributed by atoms with Gasteiger partial charge in [0.05, 0.1) is 17.0 Å². The Labute approximate surface area is 194 Å². The first-order chi connectivity index (χ1) is 15.9. The van der Waals surface area contributed by atoms with Crippen molar-refractivity contribution in [3.63, 3.8) is 0 Å². The van der Waals surface area contributed by atoms with E-state index in [2.05, 4.69) is 11.4 Å². The van der Waals surface area contributed by atoms with E-state index in [0.717, 1.165) is 31.4 Å². The Morgan fingerprint density at radius 2 is 1.82 bits per heavy atom. The van der Waals surface area contributed by atoms with E-state index < -0.39 is 5.41 Å². The van der Waals surface area contributed by atoms with E-state index in [1.165, 1.54) is 16.2 Å². The molecule has 2 aliphatic rings. The van der Waals surface area contributed by atoms with Gasteiger partial charge < -0.3 is 19.5 Å². The highest BCUT2D eigenvalue weighted by Crippen LogP contribution is 2.38. The zero-order valence-corrected chi connectivity index (χ0v) is 19.5. The number of likely N-dealkylation sites (tertiary alicyclic amines) is 1. The van der Waals surface area contributed by atoms with Crippen molar-refractivity contribution >= 4 is 11.8 Å². The SMILES string of the molecule is C[C@H]1COc2ccccc2CCCCC2(CCN(C(=O)c3ccc(=O)n(C)c3)CC2)C(=O)N1. The van der Waals surface area contributed by atoms with Gasteiger partial charge in [-0.05, 0) is 56.7 Å². The summed E-state index contributed by atoms with van der Waals surface area (Å²) in [5.74, 6) is 0.883. The van der Waals surface area contributed by atoms with E-state index in [-0.39, 0.29) is 23.4 Å². The molecule has 1 aromatic carbocycles. The summed E-state index contributed by atoms with van der Waals surface area (Å²) >= 11 is 0. The number of benzene rings is 1. The Balaban J connectivity index is 1.46. The minimum absolute atomic E-state index is 0.0710. The van der Waals surface area contributed by atoms with Gasteiger partial charge in [0.25, 0.3) is 5.91 Å². The summed E-state index contributed by atoms with van der Waals surface area (Å²) in [4.78, 5) is 39.8. The first-order valence-electron chi connectivity index (χ1n) is 11.9. The maximum atomic E-state index is 13.4. The lowest BCUT2D eigenvalue weighted by Crippen LogP contribution is -2.52. The summed E-state index contributed by atoms with van der Waals surface area (Å²) in [5.41, 5.74) is 1.10. The van der Waals surface area contributed by atoms with Crippen LogP contribution in [0.15, 0.2) is 47.4 Å². The highest BCUT2D eigenvalue weighted by molar-refractivity contribution is 5.94. The lowest BCUT2D eigenvalue weighted by molar-refractivity contribution is -0.135. The summed E-state index contributed by atoms with van der Waals surface area (Å²) in [7, 11) is 1.64. The predicted molar refractivity (Wildman–Crippen MR) is 126 cm³/mol. The smallest absolute Gasteiger partial charge is 0.255 e. The quantitative estimate of drug-likeness (QED) is 0.723. The summed E-state index contributed by atoms with van der Waals surface area (Å²) in [6, 6.07) is 11.0. The number of ether oxygens (including phenoxy) is 1. The molecule has 1 saturated heterocycles. The van der Waals surface area contributed by atoms with Crippen LogP contribution in [0.25, 0.3) is 0 Å². The van der Waals surface area contributed by atoms with E-state index in [1.807, 2.05) is 25.1 Å². The molecule has 7 heteroatoms. The molecule has 1 N–H and O–H groups in total. The molecular formula is C26H33N3O4. The third-order valence-electron chi connectivity index (χ3n) is 7.01. The molecule has 0 aliphatic carbocycles. The van der Waals surface area contributed by atoms with Crippen molar-refractivity contribution in [1.82, 2.24) is 14.8 Å². The summed E-state index contributed by atoms with van der Waals surface area (Å²) in [5, 5.41) is 3.17. The lowest BCUT2D eigenvalue weighted by atomic mass is 9.73. The summed E-state index contributed by atoms with van der Waals surface area (Å²) < 4.78 is 7.44. The second-order valence-electron chi connectivity index (χ2n) is 9.44. The summed E-state index contributed by atoms with van der Waals surface area (Å²) in [6.45, 7) is 3.46. The normalized spacial score (nSPS) is 21.2. The molecule has 0 bridgehead atoms. The van der Waals surface area contributed by atoms with Gasteiger partial charge in [0.1, 0.15) is 12.4 Å². The number of hydrogen-bond donors (Lipinski definition) is 1. The van der Waals surface area contributed by atoms with Gasteiger partial charge in [0.15, 0.2) is 0 Å². The zero-order valence-electron chi connectivity index (χ0n) is 19.5. The maximum absolute atomic E-state index is 13.4. The molecular weight excluding hydrogens is 418 g/mol. The Bertz CT molecular complexity index is 1070. The van der Waals surface area contributed by atoms with Crippen LogP contribution in [0.5, 0.6) is 5.75 Å². The molecule has 2 amide bonds. The van der Waals surface area contributed by atoms with Gasteiger partial charge in [0.2, 0.25) is 11.5 Å². The van der Waals surface area contributed by atoms with Crippen LogP contribution in [0.4, 0.5) is 0 Å². The number of fused-ring (bicyclic) bond motifs is 1. The van der Waals surface area contributed by atoms with Crippen LogP contribution in [0.3, 0.4) is 0 Å². The average molecular weight is 452 g/mol. The van der Waals surface area contributed by atoms with Crippen LogP contribution in [0.2, 0.25) is 0 Å². The monoisotopic (exact) mass is 451 g/mol. The van der Waals surface area contributed by atoms with Gasteiger partial charge in [-0.2, -0.15) is 0 Å². The molecule has 176 valence electrons. The third kappa shape index (κ3) is 5.13. The maximum Gasteiger partial charge on any atom is 0.255 e. The molecule has 33 heavy (non-hydrogen) atoms. The number of piperidine rings is 1. The van der Waals surface area contributed by atoms with E-state index in [9.17, 15) is 14.4 Å². The highest BCUT2D eigenvalue weighted by Gasteiger charge is 2.42. The number of para-hydroxylation sites is 1. The number of nitrogens with zero attached hydrogens (tertiary/aromatic N) is 2. The molecule has 1 fully saturated rings. The van der Waals surface area contributed by atoms with Crippen molar-refractivity contribution in [2.45, 2.75) is 51.5 Å². The number of hydrogen-bond acceptors (Lipinski definition) is 4. The lowest BCUT2D eigenvalue weighted by Gasteiger charge is -2.41.